The second-order valence-electron chi connectivity index (χ2n) is 6.97. The van der Waals surface area contributed by atoms with Gasteiger partial charge in [-0.1, -0.05) is 39.0 Å². The minimum Gasteiger partial charge on any atom is -0.426 e. The topological polar surface area (TPSA) is 26.3 Å². The summed E-state index contributed by atoms with van der Waals surface area (Å²) >= 11 is 0. The molecule has 2 aliphatic carbocycles. The van der Waals surface area contributed by atoms with Crippen LogP contribution in [0.4, 0.5) is 0 Å². The van der Waals surface area contributed by atoms with Crippen LogP contribution in [0.3, 0.4) is 0 Å². The number of fused-ring (bicyclic) bond motifs is 2. The molecule has 1 aromatic rings. The summed E-state index contributed by atoms with van der Waals surface area (Å²) in [6.45, 7) is 6.98. The summed E-state index contributed by atoms with van der Waals surface area (Å²) in [7, 11) is 0. The molecule has 0 aliphatic heterocycles. The van der Waals surface area contributed by atoms with Crippen LogP contribution in [0.15, 0.2) is 30.3 Å². The van der Waals surface area contributed by atoms with Crippen molar-refractivity contribution in [2.45, 2.75) is 40.0 Å². The van der Waals surface area contributed by atoms with Crippen LogP contribution in [0, 0.1) is 22.7 Å². The first-order chi connectivity index (χ1) is 8.94. The summed E-state index contributed by atoms with van der Waals surface area (Å²) in [6.07, 6.45) is 3.40. The number of para-hydroxylation sites is 1. The van der Waals surface area contributed by atoms with Crippen LogP contribution in [0.1, 0.15) is 40.0 Å². The van der Waals surface area contributed by atoms with Gasteiger partial charge >= 0.3 is 5.97 Å². The van der Waals surface area contributed by atoms with Crippen LogP contribution in [-0.4, -0.2) is 5.97 Å². The highest BCUT2D eigenvalue weighted by molar-refractivity contribution is 5.76. The Kier molecular flexibility index (Phi) is 2.74. The lowest BCUT2D eigenvalue weighted by molar-refractivity contribution is -0.141. The van der Waals surface area contributed by atoms with E-state index in [1.807, 2.05) is 30.3 Å². The molecule has 3 atom stereocenters. The molecule has 2 heteroatoms. The molecular weight excluding hydrogens is 236 g/mol. The lowest BCUT2D eigenvalue weighted by atomic mass is 9.71. The van der Waals surface area contributed by atoms with Gasteiger partial charge in [0.1, 0.15) is 5.75 Å². The second-order valence-corrected chi connectivity index (χ2v) is 6.97. The quantitative estimate of drug-likeness (QED) is 0.591. The molecule has 3 rings (SSSR count). The molecule has 0 aromatic heterocycles. The molecule has 1 aromatic carbocycles. The van der Waals surface area contributed by atoms with Gasteiger partial charge in [-0.2, -0.15) is 0 Å². The van der Waals surface area contributed by atoms with Gasteiger partial charge in [-0.3, -0.25) is 4.79 Å². The van der Waals surface area contributed by atoms with Crippen LogP contribution in [0.2, 0.25) is 0 Å². The molecule has 0 N–H and O–H groups in total. The Hall–Kier alpha value is -1.31. The lowest BCUT2D eigenvalue weighted by Gasteiger charge is -2.34. The molecular formula is C17H22O2. The van der Waals surface area contributed by atoms with Crippen molar-refractivity contribution in [1.82, 2.24) is 0 Å². The third-order valence-corrected chi connectivity index (χ3v) is 5.91. The van der Waals surface area contributed by atoms with E-state index in [9.17, 15) is 4.79 Å². The number of rotatable bonds is 2. The molecule has 0 amide bonds. The fraction of sp³-hybridized carbons (Fsp3) is 0.588. The van der Waals surface area contributed by atoms with Crippen molar-refractivity contribution in [3.63, 3.8) is 0 Å². The summed E-state index contributed by atoms with van der Waals surface area (Å²) in [4.78, 5) is 12.4. The number of hydrogen-bond donors (Lipinski definition) is 0. The zero-order valence-corrected chi connectivity index (χ0v) is 12.0. The molecule has 0 spiro atoms. The summed E-state index contributed by atoms with van der Waals surface area (Å²) in [5.74, 6) is 1.19. The summed E-state index contributed by atoms with van der Waals surface area (Å²) < 4.78 is 5.55. The number of hydrogen-bond acceptors (Lipinski definition) is 2. The van der Waals surface area contributed by atoms with Gasteiger partial charge in [-0.15, -0.1) is 0 Å². The normalized spacial score (nSPS) is 35.3. The third kappa shape index (κ3) is 1.80. The zero-order chi connectivity index (χ0) is 13.7. The smallest absolute Gasteiger partial charge is 0.314 e. The average Bonchev–Trinajstić information content (AvgIpc) is 2.72. The van der Waals surface area contributed by atoms with E-state index in [0.717, 1.165) is 12.8 Å². The largest absolute Gasteiger partial charge is 0.426 e. The molecule has 0 radical (unpaired) electrons. The fourth-order valence-electron chi connectivity index (χ4n) is 4.23. The van der Waals surface area contributed by atoms with Gasteiger partial charge < -0.3 is 4.74 Å². The maximum Gasteiger partial charge on any atom is 0.314 e. The van der Waals surface area contributed by atoms with Gasteiger partial charge in [-0.05, 0) is 48.1 Å². The van der Waals surface area contributed by atoms with E-state index in [4.69, 9.17) is 4.74 Å². The Balaban J connectivity index is 1.77. The maximum absolute atomic E-state index is 12.4. The molecule has 19 heavy (non-hydrogen) atoms. The molecule has 2 nitrogen and oxygen atoms in total. The van der Waals surface area contributed by atoms with E-state index >= 15 is 0 Å². The molecule has 2 fully saturated rings. The molecule has 2 bridgehead atoms. The number of benzene rings is 1. The van der Waals surface area contributed by atoms with Crippen molar-refractivity contribution in [3.05, 3.63) is 30.3 Å². The van der Waals surface area contributed by atoms with Crippen LogP contribution in [0.25, 0.3) is 0 Å². The number of ether oxygens (including phenoxy) is 1. The first-order valence-electron chi connectivity index (χ1n) is 7.21. The molecule has 2 saturated carbocycles. The first-order valence-corrected chi connectivity index (χ1v) is 7.21. The van der Waals surface area contributed by atoms with Gasteiger partial charge in [0, 0.05) is 0 Å². The first kappa shape index (κ1) is 12.7. The molecule has 102 valence electrons. The van der Waals surface area contributed by atoms with Crippen LogP contribution < -0.4 is 4.74 Å². The van der Waals surface area contributed by atoms with Crippen molar-refractivity contribution in [3.8, 4) is 5.75 Å². The molecule has 0 unspecified atom stereocenters. The third-order valence-electron chi connectivity index (χ3n) is 5.91. The van der Waals surface area contributed by atoms with E-state index in [0.29, 0.717) is 17.1 Å². The minimum atomic E-state index is -0.0345. The van der Waals surface area contributed by atoms with E-state index in [1.165, 1.54) is 6.42 Å². The van der Waals surface area contributed by atoms with E-state index in [-0.39, 0.29) is 17.3 Å². The molecule has 2 aliphatic rings. The van der Waals surface area contributed by atoms with Gasteiger partial charge in [0.2, 0.25) is 0 Å². The van der Waals surface area contributed by atoms with Gasteiger partial charge in [0.25, 0.3) is 0 Å². The Morgan fingerprint density at radius 3 is 2.42 bits per heavy atom. The average molecular weight is 258 g/mol. The van der Waals surface area contributed by atoms with Crippen molar-refractivity contribution in [2.75, 3.05) is 0 Å². The lowest BCUT2D eigenvalue weighted by Crippen LogP contribution is -2.28. The van der Waals surface area contributed by atoms with Crippen LogP contribution >= 0.6 is 0 Å². The van der Waals surface area contributed by atoms with Crippen molar-refractivity contribution in [1.29, 1.82) is 0 Å². The predicted molar refractivity (Wildman–Crippen MR) is 74.8 cm³/mol. The summed E-state index contributed by atoms with van der Waals surface area (Å²) in [6, 6.07) is 9.41. The number of carbonyl (C=O) groups is 1. The Morgan fingerprint density at radius 2 is 1.89 bits per heavy atom. The SMILES string of the molecule is CC1(C)[C@H]2CC[C@@]1(C)C[C@@H]2C(=O)Oc1ccccc1. The van der Waals surface area contributed by atoms with Gasteiger partial charge in [-0.25, -0.2) is 0 Å². The Morgan fingerprint density at radius 1 is 1.21 bits per heavy atom. The predicted octanol–water partition coefficient (Wildman–Crippen LogP) is 4.05. The Bertz CT molecular complexity index is 488. The fourth-order valence-corrected chi connectivity index (χ4v) is 4.23. The Labute approximate surface area is 115 Å². The van der Waals surface area contributed by atoms with Crippen molar-refractivity contribution < 1.29 is 9.53 Å². The highest BCUT2D eigenvalue weighted by atomic mass is 16.5. The van der Waals surface area contributed by atoms with Crippen LogP contribution in [-0.2, 0) is 4.79 Å². The van der Waals surface area contributed by atoms with Crippen molar-refractivity contribution in [2.24, 2.45) is 22.7 Å². The summed E-state index contributed by atoms with van der Waals surface area (Å²) in [5.41, 5.74) is 0.561. The molecule has 0 heterocycles. The minimum absolute atomic E-state index is 0.0345. The zero-order valence-electron chi connectivity index (χ0n) is 12.0. The van der Waals surface area contributed by atoms with Gasteiger partial charge in [0.05, 0.1) is 5.92 Å². The standard InChI is InChI=1S/C17H22O2/c1-16(2)14-9-10-17(16,3)11-13(14)15(18)19-12-7-5-4-6-8-12/h4-8,13-14H,9-11H2,1-3H3/t13-,14-,17-/m0/s1. The number of carbonyl (C=O) groups excluding carboxylic acids is 1. The maximum atomic E-state index is 12.4. The summed E-state index contributed by atoms with van der Waals surface area (Å²) in [5, 5.41) is 0. The van der Waals surface area contributed by atoms with E-state index < -0.39 is 0 Å². The van der Waals surface area contributed by atoms with Crippen LogP contribution in [0.5, 0.6) is 5.75 Å². The highest BCUT2D eigenvalue weighted by Crippen LogP contribution is 2.67. The molecule has 0 saturated heterocycles. The van der Waals surface area contributed by atoms with E-state index in [2.05, 4.69) is 20.8 Å². The monoisotopic (exact) mass is 258 g/mol. The van der Waals surface area contributed by atoms with E-state index in [1.54, 1.807) is 0 Å². The van der Waals surface area contributed by atoms with Gasteiger partial charge in [0.15, 0.2) is 0 Å². The highest BCUT2D eigenvalue weighted by Gasteiger charge is 2.62. The second kappa shape index (κ2) is 4.09. The number of esters is 1. The van der Waals surface area contributed by atoms with Crippen molar-refractivity contribution >= 4 is 5.97 Å².